The van der Waals surface area contributed by atoms with Crippen LogP contribution in [0, 0.1) is 0 Å². The van der Waals surface area contributed by atoms with Crippen molar-refractivity contribution in [3.05, 3.63) is 72.4 Å². The molecule has 0 saturated heterocycles. The Hall–Kier alpha value is -2.88. The van der Waals surface area contributed by atoms with Gasteiger partial charge in [0, 0.05) is 11.7 Å². The summed E-state index contributed by atoms with van der Waals surface area (Å²) in [5.74, 6) is -0.124. The molecule has 0 unspecified atom stereocenters. The summed E-state index contributed by atoms with van der Waals surface area (Å²) >= 11 is 0. The van der Waals surface area contributed by atoms with Gasteiger partial charge in [0.15, 0.2) is 0 Å². The van der Waals surface area contributed by atoms with Crippen molar-refractivity contribution in [2.24, 2.45) is 5.10 Å². The molecule has 0 aliphatic carbocycles. The van der Waals surface area contributed by atoms with Gasteiger partial charge in [-0.1, -0.05) is 61.9 Å². The summed E-state index contributed by atoms with van der Waals surface area (Å²) in [6, 6.07) is 20.0. The Balaban J connectivity index is 1.71. The van der Waals surface area contributed by atoms with Gasteiger partial charge in [-0.25, -0.2) is 5.43 Å². The fourth-order valence-corrected chi connectivity index (χ4v) is 2.73. The number of hydrazone groups is 1. The van der Waals surface area contributed by atoms with Gasteiger partial charge in [-0.05, 0) is 29.5 Å². The van der Waals surface area contributed by atoms with E-state index < -0.39 is 0 Å². The number of amides is 1. The van der Waals surface area contributed by atoms with Gasteiger partial charge in [-0.2, -0.15) is 5.10 Å². The zero-order valence-corrected chi connectivity index (χ0v) is 13.8. The molecule has 0 aliphatic rings. The number of rotatable bonds is 6. The third kappa shape index (κ3) is 3.71. The first-order valence-corrected chi connectivity index (χ1v) is 8.22. The van der Waals surface area contributed by atoms with E-state index in [1.165, 1.54) is 0 Å². The molecule has 4 heteroatoms. The quantitative estimate of drug-likeness (QED) is 0.542. The van der Waals surface area contributed by atoms with Crippen molar-refractivity contribution in [3.8, 4) is 0 Å². The molecule has 122 valence electrons. The summed E-state index contributed by atoms with van der Waals surface area (Å²) in [6.45, 7) is 2.36. The van der Waals surface area contributed by atoms with Crippen LogP contribution in [0.3, 0.4) is 0 Å². The zero-order valence-electron chi connectivity index (χ0n) is 13.8. The topological polar surface area (TPSA) is 46.4 Å². The Morgan fingerprint density at radius 3 is 2.58 bits per heavy atom. The first-order valence-electron chi connectivity index (χ1n) is 8.22. The lowest BCUT2D eigenvalue weighted by molar-refractivity contribution is -0.121. The third-order valence-electron chi connectivity index (χ3n) is 3.90. The van der Waals surface area contributed by atoms with Crippen molar-refractivity contribution in [2.45, 2.75) is 26.3 Å². The van der Waals surface area contributed by atoms with Gasteiger partial charge < -0.3 is 4.57 Å². The van der Waals surface area contributed by atoms with Crippen LogP contribution in [0.1, 0.15) is 25.3 Å². The molecule has 0 atom stereocenters. The van der Waals surface area contributed by atoms with E-state index in [0.29, 0.717) is 0 Å². The minimum Gasteiger partial charge on any atom is -0.338 e. The van der Waals surface area contributed by atoms with Gasteiger partial charge in [-0.3, -0.25) is 4.79 Å². The van der Waals surface area contributed by atoms with Gasteiger partial charge in [0.25, 0.3) is 5.91 Å². The molecule has 0 spiro atoms. The molecule has 1 N–H and O–H groups in total. The first kappa shape index (κ1) is 16.0. The lowest BCUT2D eigenvalue weighted by Crippen LogP contribution is -2.24. The van der Waals surface area contributed by atoms with Crippen LogP contribution in [0.15, 0.2) is 72.0 Å². The Bertz CT molecular complexity index is 849. The highest BCUT2D eigenvalue weighted by Gasteiger charge is 2.07. The second kappa shape index (κ2) is 7.59. The van der Waals surface area contributed by atoms with Crippen LogP contribution in [0.2, 0.25) is 0 Å². The molecule has 24 heavy (non-hydrogen) atoms. The van der Waals surface area contributed by atoms with Crippen LogP contribution in [0.5, 0.6) is 0 Å². The fraction of sp³-hybridized carbons (Fsp3) is 0.200. The first-order chi connectivity index (χ1) is 11.8. The summed E-state index contributed by atoms with van der Waals surface area (Å²) in [6.07, 6.45) is 3.74. The highest BCUT2D eigenvalue weighted by atomic mass is 16.2. The van der Waals surface area contributed by atoms with Gasteiger partial charge in [0.1, 0.15) is 6.54 Å². The number of hydrogen-bond acceptors (Lipinski definition) is 2. The van der Waals surface area contributed by atoms with Crippen LogP contribution in [0.4, 0.5) is 0 Å². The Labute approximate surface area is 141 Å². The van der Waals surface area contributed by atoms with Crippen LogP contribution in [-0.2, 0) is 11.3 Å². The Morgan fingerprint density at radius 2 is 1.79 bits per heavy atom. The number of carbonyl (C=O) groups excluding carboxylic acids is 1. The molecule has 4 nitrogen and oxygen atoms in total. The van der Waals surface area contributed by atoms with E-state index in [1.54, 1.807) is 0 Å². The molecule has 0 bridgehead atoms. The van der Waals surface area contributed by atoms with E-state index in [1.807, 2.05) is 71.4 Å². The molecular formula is C20H21N3O. The van der Waals surface area contributed by atoms with Crippen molar-refractivity contribution in [1.82, 2.24) is 9.99 Å². The largest absolute Gasteiger partial charge is 0.338 e. The van der Waals surface area contributed by atoms with E-state index in [4.69, 9.17) is 0 Å². The average molecular weight is 319 g/mol. The maximum atomic E-state index is 12.3. The van der Waals surface area contributed by atoms with Crippen molar-refractivity contribution in [3.63, 3.8) is 0 Å². The maximum Gasteiger partial charge on any atom is 0.259 e. The summed E-state index contributed by atoms with van der Waals surface area (Å²) in [5, 5.41) is 5.48. The highest BCUT2D eigenvalue weighted by Crippen LogP contribution is 2.14. The van der Waals surface area contributed by atoms with Crippen molar-refractivity contribution < 1.29 is 4.79 Å². The Kier molecular flexibility index (Phi) is 5.06. The number of hydrogen-bond donors (Lipinski definition) is 1. The van der Waals surface area contributed by atoms with E-state index >= 15 is 0 Å². The van der Waals surface area contributed by atoms with Crippen LogP contribution in [-0.4, -0.2) is 16.2 Å². The van der Waals surface area contributed by atoms with Crippen molar-refractivity contribution in [2.75, 3.05) is 0 Å². The number of aromatic nitrogens is 1. The van der Waals surface area contributed by atoms with Gasteiger partial charge >= 0.3 is 0 Å². The van der Waals surface area contributed by atoms with Gasteiger partial charge in [0.2, 0.25) is 0 Å². The number of para-hydroxylation sites is 1. The van der Waals surface area contributed by atoms with Crippen LogP contribution < -0.4 is 5.43 Å². The molecule has 3 aromatic rings. The highest BCUT2D eigenvalue weighted by molar-refractivity contribution is 6.01. The molecule has 0 radical (unpaired) electrons. The Morgan fingerprint density at radius 1 is 1.04 bits per heavy atom. The normalized spacial score (nSPS) is 11.6. The van der Waals surface area contributed by atoms with E-state index in [9.17, 15) is 4.79 Å². The molecule has 1 heterocycles. The number of nitrogens with one attached hydrogen (secondary N) is 1. The minimum atomic E-state index is -0.124. The molecule has 1 aromatic heterocycles. The molecule has 0 saturated carbocycles. The smallest absolute Gasteiger partial charge is 0.259 e. The second-order valence-corrected chi connectivity index (χ2v) is 5.71. The zero-order chi connectivity index (χ0) is 16.8. The fourth-order valence-electron chi connectivity index (χ4n) is 2.73. The number of nitrogens with zero attached hydrogens (tertiary/aromatic N) is 2. The maximum absolute atomic E-state index is 12.3. The lowest BCUT2D eigenvalue weighted by atomic mass is 10.1. The molecule has 0 aliphatic heterocycles. The SMILES string of the molecule is CCC/C(=N/NC(=O)Cn1ccc2ccccc21)c1ccccc1. The summed E-state index contributed by atoms with van der Waals surface area (Å²) in [4.78, 5) is 12.3. The number of fused-ring (bicyclic) bond motifs is 1. The molecule has 2 aromatic carbocycles. The summed E-state index contributed by atoms with van der Waals surface area (Å²) < 4.78 is 1.93. The van der Waals surface area contributed by atoms with Gasteiger partial charge in [0.05, 0.1) is 5.71 Å². The monoisotopic (exact) mass is 319 g/mol. The van der Waals surface area contributed by atoms with Gasteiger partial charge in [-0.15, -0.1) is 0 Å². The predicted octanol–water partition coefficient (Wildman–Crippen LogP) is 3.96. The third-order valence-corrected chi connectivity index (χ3v) is 3.90. The molecule has 1 amide bonds. The standard InChI is InChI=1S/C20H21N3O/c1-2-8-18(16-9-4-3-5-10-16)21-22-20(24)15-23-14-13-17-11-6-7-12-19(17)23/h3-7,9-14H,2,8,15H2,1H3,(H,22,24)/b21-18-. The molecule has 3 rings (SSSR count). The van der Waals surface area contributed by atoms with E-state index in [2.05, 4.69) is 17.5 Å². The lowest BCUT2D eigenvalue weighted by Gasteiger charge is -2.07. The number of carbonyl (C=O) groups is 1. The van der Waals surface area contributed by atoms with Crippen LogP contribution >= 0.6 is 0 Å². The van der Waals surface area contributed by atoms with E-state index in [0.717, 1.165) is 35.0 Å². The average Bonchev–Trinajstić information content (AvgIpc) is 3.02. The number of benzene rings is 2. The molecular weight excluding hydrogens is 298 g/mol. The van der Waals surface area contributed by atoms with Crippen molar-refractivity contribution in [1.29, 1.82) is 0 Å². The summed E-state index contributed by atoms with van der Waals surface area (Å²) in [5.41, 5.74) is 5.70. The van der Waals surface area contributed by atoms with Crippen LogP contribution in [0.25, 0.3) is 10.9 Å². The minimum absolute atomic E-state index is 0.124. The van der Waals surface area contributed by atoms with E-state index in [-0.39, 0.29) is 12.5 Å². The summed E-state index contributed by atoms with van der Waals surface area (Å²) in [7, 11) is 0. The second-order valence-electron chi connectivity index (χ2n) is 5.71. The van der Waals surface area contributed by atoms with Crippen molar-refractivity contribution >= 4 is 22.5 Å². The molecule has 0 fully saturated rings. The predicted molar refractivity (Wildman–Crippen MR) is 98.0 cm³/mol.